The third-order valence-corrected chi connectivity index (χ3v) is 5.59. The highest BCUT2D eigenvalue weighted by atomic mass is 32.2. The quantitative estimate of drug-likeness (QED) is 0.374. The highest BCUT2D eigenvalue weighted by molar-refractivity contribution is 7.98. The molecule has 0 saturated carbocycles. The molecule has 10 heteroatoms. The molecule has 1 saturated heterocycles. The summed E-state index contributed by atoms with van der Waals surface area (Å²) in [5, 5.41) is 15.0. The number of hydrogen-bond donors (Lipinski definition) is 2. The second kappa shape index (κ2) is 8.15. The third kappa shape index (κ3) is 3.86. The van der Waals surface area contributed by atoms with Crippen molar-refractivity contribution in [1.29, 1.82) is 0 Å². The van der Waals surface area contributed by atoms with E-state index in [0.717, 1.165) is 65.5 Å². The smallest absolute Gasteiger partial charge is 0.191 e. The lowest BCUT2D eigenvalue weighted by Crippen LogP contribution is -2.47. The van der Waals surface area contributed by atoms with Crippen LogP contribution in [0.2, 0.25) is 0 Å². The summed E-state index contributed by atoms with van der Waals surface area (Å²) in [6.45, 7) is 3.57. The minimum atomic E-state index is 0.740. The van der Waals surface area contributed by atoms with Crippen molar-refractivity contribution < 1.29 is 0 Å². The lowest BCUT2D eigenvalue weighted by molar-refractivity contribution is 0.638. The van der Waals surface area contributed by atoms with E-state index < -0.39 is 0 Å². The van der Waals surface area contributed by atoms with Crippen molar-refractivity contribution >= 4 is 45.9 Å². The summed E-state index contributed by atoms with van der Waals surface area (Å²) in [5.74, 6) is 2.72. The Bertz CT molecular complexity index is 1140. The number of nitrogens with one attached hydrogen (secondary N) is 2. The minimum absolute atomic E-state index is 0.740. The number of aromatic amines is 1. The molecule has 0 unspecified atom stereocenters. The van der Waals surface area contributed by atoms with Crippen LogP contribution in [0.3, 0.4) is 0 Å². The highest BCUT2D eigenvalue weighted by Crippen LogP contribution is 2.25. The maximum atomic E-state index is 4.73. The van der Waals surface area contributed by atoms with Crippen LogP contribution in [-0.4, -0.2) is 62.8 Å². The Morgan fingerprint density at radius 2 is 1.70 bits per heavy atom. The van der Waals surface area contributed by atoms with Gasteiger partial charge >= 0.3 is 0 Å². The summed E-state index contributed by atoms with van der Waals surface area (Å²) < 4.78 is 0. The zero-order chi connectivity index (χ0) is 20.3. The number of fused-ring (bicyclic) bond motifs is 1. The van der Waals surface area contributed by atoms with Gasteiger partial charge in [-0.2, -0.15) is 15.4 Å². The number of piperazine rings is 1. The van der Waals surface area contributed by atoms with Crippen molar-refractivity contribution in [3.63, 3.8) is 0 Å². The first-order valence-electron chi connectivity index (χ1n) is 9.70. The first-order valence-corrected chi connectivity index (χ1v) is 10.9. The van der Waals surface area contributed by atoms with Crippen LogP contribution in [0.1, 0.15) is 0 Å². The predicted octanol–water partition coefficient (Wildman–Crippen LogP) is 2.94. The molecule has 0 aliphatic carbocycles. The Morgan fingerprint density at radius 1 is 0.900 bits per heavy atom. The number of rotatable bonds is 5. The van der Waals surface area contributed by atoms with Gasteiger partial charge in [-0.25, -0.2) is 15.0 Å². The number of hydrogen-bond acceptors (Lipinski definition) is 9. The average molecular weight is 420 g/mol. The normalized spacial score (nSPS) is 14.3. The topological polar surface area (TPSA) is 98.8 Å². The van der Waals surface area contributed by atoms with Crippen molar-refractivity contribution in [3.05, 3.63) is 48.7 Å². The molecule has 1 aliphatic heterocycles. The number of thioether (sulfide) groups is 1. The molecule has 1 aliphatic rings. The van der Waals surface area contributed by atoms with Gasteiger partial charge in [0.15, 0.2) is 5.16 Å². The van der Waals surface area contributed by atoms with E-state index >= 15 is 0 Å². The predicted molar refractivity (Wildman–Crippen MR) is 120 cm³/mol. The van der Waals surface area contributed by atoms with Crippen molar-refractivity contribution in [2.75, 3.05) is 47.6 Å². The maximum Gasteiger partial charge on any atom is 0.191 e. The Morgan fingerprint density at radius 3 is 2.47 bits per heavy atom. The van der Waals surface area contributed by atoms with E-state index in [-0.39, 0.29) is 0 Å². The molecule has 9 nitrogen and oxygen atoms in total. The van der Waals surface area contributed by atoms with Crippen LogP contribution in [0, 0.1) is 0 Å². The molecule has 152 valence electrons. The van der Waals surface area contributed by atoms with E-state index in [1.54, 1.807) is 0 Å². The first kappa shape index (κ1) is 18.6. The number of anilines is 4. The molecule has 3 aromatic heterocycles. The lowest BCUT2D eigenvalue weighted by atomic mass is 10.2. The van der Waals surface area contributed by atoms with E-state index in [0.29, 0.717) is 0 Å². The van der Waals surface area contributed by atoms with Gasteiger partial charge in [0.05, 0.1) is 0 Å². The van der Waals surface area contributed by atoms with Crippen LogP contribution in [-0.2, 0) is 0 Å². The molecule has 2 N–H and O–H groups in total. The molecule has 0 amide bonds. The third-order valence-electron chi connectivity index (χ3n) is 5.04. The second-order valence-corrected chi connectivity index (χ2v) is 7.69. The summed E-state index contributed by atoms with van der Waals surface area (Å²) >= 11 is 1.54. The van der Waals surface area contributed by atoms with Crippen LogP contribution in [0.5, 0.6) is 0 Å². The number of benzene rings is 1. The molecule has 30 heavy (non-hydrogen) atoms. The van der Waals surface area contributed by atoms with Crippen molar-refractivity contribution in [2.24, 2.45) is 0 Å². The molecule has 0 radical (unpaired) electrons. The van der Waals surface area contributed by atoms with Gasteiger partial charge in [0, 0.05) is 44.1 Å². The van der Waals surface area contributed by atoms with Gasteiger partial charge in [0.25, 0.3) is 0 Å². The van der Waals surface area contributed by atoms with Gasteiger partial charge in [-0.05, 0) is 36.6 Å². The molecule has 1 fully saturated rings. The van der Waals surface area contributed by atoms with Crippen LogP contribution in [0.4, 0.5) is 23.1 Å². The zero-order valence-electron chi connectivity index (χ0n) is 16.5. The SMILES string of the molecule is CSc1nc(Nc2ccc3n[nH]nc3c2)cc(N2CCN(c3ccccn3)CC2)n1. The van der Waals surface area contributed by atoms with E-state index in [9.17, 15) is 0 Å². The van der Waals surface area contributed by atoms with E-state index in [1.165, 1.54) is 11.8 Å². The van der Waals surface area contributed by atoms with Gasteiger partial charge in [-0.1, -0.05) is 17.8 Å². The largest absolute Gasteiger partial charge is 0.353 e. The Hall–Kier alpha value is -3.40. The van der Waals surface area contributed by atoms with Gasteiger partial charge in [-0.3, -0.25) is 0 Å². The summed E-state index contributed by atoms with van der Waals surface area (Å²) in [4.78, 5) is 18.4. The lowest BCUT2D eigenvalue weighted by Gasteiger charge is -2.36. The fourth-order valence-corrected chi connectivity index (χ4v) is 3.88. The van der Waals surface area contributed by atoms with E-state index in [1.807, 2.05) is 48.9 Å². The second-order valence-electron chi connectivity index (χ2n) is 6.91. The fraction of sp³-hybridized carbons (Fsp3) is 0.250. The summed E-state index contributed by atoms with van der Waals surface area (Å²) in [5.41, 5.74) is 2.55. The molecule has 5 rings (SSSR count). The van der Waals surface area contributed by atoms with Crippen molar-refractivity contribution in [2.45, 2.75) is 5.16 Å². The Balaban J connectivity index is 1.34. The minimum Gasteiger partial charge on any atom is -0.353 e. The molecular formula is C20H21N9S. The standard InChI is InChI=1S/C20H21N9S/c1-30-20-23-17(22-14-5-6-15-16(12-14)26-27-25-15)13-19(24-20)29-10-8-28(9-11-29)18-4-2-3-7-21-18/h2-7,12-13H,8-11H2,1H3,(H,22,23,24)(H,25,26,27). The fourth-order valence-electron chi connectivity index (χ4n) is 3.50. The monoisotopic (exact) mass is 419 g/mol. The van der Waals surface area contributed by atoms with Gasteiger partial charge in [0.1, 0.15) is 28.5 Å². The van der Waals surface area contributed by atoms with Gasteiger partial charge < -0.3 is 15.1 Å². The van der Waals surface area contributed by atoms with Crippen molar-refractivity contribution in [1.82, 2.24) is 30.4 Å². The number of pyridine rings is 1. The Kier molecular flexibility index (Phi) is 5.06. The van der Waals surface area contributed by atoms with Crippen LogP contribution < -0.4 is 15.1 Å². The van der Waals surface area contributed by atoms with E-state index in [4.69, 9.17) is 4.98 Å². The van der Waals surface area contributed by atoms with Gasteiger partial charge in [0.2, 0.25) is 0 Å². The number of H-pyrrole nitrogens is 1. The van der Waals surface area contributed by atoms with Crippen molar-refractivity contribution in [3.8, 4) is 0 Å². The van der Waals surface area contributed by atoms with E-state index in [2.05, 4.69) is 46.6 Å². The summed E-state index contributed by atoms with van der Waals surface area (Å²) in [6, 6.07) is 13.9. The maximum absolute atomic E-state index is 4.73. The van der Waals surface area contributed by atoms with Crippen LogP contribution in [0.15, 0.2) is 53.8 Å². The molecule has 4 heterocycles. The van der Waals surface area contributed by atoms with Crippen LogP contribution in [0.25, 0.3) is 11.0 Å². The Labute approximate surface area is 177 Å². The number of nitrogens with zero attached hydrogens (tertiary/aromatic N) is 7. The molecule has 0 atom stereocenters. The molecule has 0 spiro atoms. The first-order chi connectivity index (χ1) is 14.8. The summed E-state index contributed by atoms with van der Waals surface area (Å²) in [6.07, 6.45) is 3.83. The zero-order valence-corrected chi connectivity index (χ0v) is 17.3. The molecule has 1 aromatic carbocycles. The van der Waals surface area contributed by atoms with Crippen LogP contribution >= 0.6 is 11.8 Å². The molecule has 0 bridgehead atoms. The highest BCUT2D eigenvalue weighted by Gasteiger charge is 2.20. The summed E-state index contributed by atoms with van der Waals surface area (Å²) in [7, 11) is 0. The average Bonchev–Trinajstić information content (AvgIpc) is 3.27. The van der Waals surface area contributed by atoms with Gasteiger partial charge in [-0.15, -0.1) is 0 Å². The number of aromatic nitrogens is 6. The molecule has 4 aromatic rings. The molecular weight excluding hydrogens is 398 g/mol.